The minimum absolute atomic E-state index is 0.114. The van der Waals surface area contributed by atoms with Crippen LogP contribution in [0, 0.1) is 5.41 Å². The summed E-state index contributed by atoms with van der Waals surface area (Å²) in [5, 5.41) is 9.43. The summed E-state index contributed by atoms with van der Waals surface area (Å²) < 4.78 is 0. The second-order valence-electron chi connectivity index (χ2n) is 7.47. The summed E-state index contributed by atoms with van der Waals surface area (Å²) >= 11 is 0. The molecule has 0 spiro atoms. The average Bonchev–Trinajstić information content (AvgIpc) is 2.52. The Bertz CT molecular complexity index is 695. The van der Waals surface area contributed by atoms with E-state index in [4.69, 9.17) is 0 Å². The highest BCUT2D eigenvalue weighted by molar-refractivity contribution is 5.92. The van der Waals surface area contributed by atoms with Gasteiger partial charge in [0.1, 0.15) is 5.69 Å². The first-order valence-electron chi connectivity index (χ1n) is 8.23. The number of hydrogen-bond donors (Lipinski definition) is 2. The molecule has 1 aromatic heterocycles. The molecule has 0 aliphatic carbocycles. The van der Waals surface area contributed by atoms with Gasteiger partial charge in [0.2, 0.25) is 0 Å². The summed E-state index contributed by atoms with van der Waals surface area (Å²) in [4.78, 5) is 44.0. The third kappa shape index (κ3) is 3.49. The number of carboxylic acids is 1. The van der Waals surface area contributed by atoms with Gasteiger partial charge in [-0.15, -0.1) is 0 Å². The van der Waals surface area contributed by atoms with Gasteiger partial charge < -0.3 is 15.0 Å². The molecule has 2 rings (SSSR count). The second-order valence-corrected chi connectivity index (χ2v) is 7.47. The first-order chi connectivity index (χ1) is 11.1. The number of carboxylic acid groups (broad SMARTS) is 1. The van der Waals surface area contributed by atoms with Crippen LogP contribution in [0.25, 0.3) is 0 Å². The number of nitrogens with zero attached hydrogens (tertiary/aromatic N) is 2. The van der Waals surface area contributed by atoms with Crippen LogP contribution in [0.1, 0.15) is 63.1 Å². The largest absolute Gasteiger partial charge is 0.481 e. The van der Waals surface area contributed by atoms with E-state index in [2.05, 4.69) is 9.97 Å². The maximum Gasteiger partial charge on any atom is 0.345 e. The van der Waals surface area contributed by atoms with Gasteiger partial charge in [-0.3, -0.25) is 9.59 Å². The van der Waals surface area contributed by atoms with Gasteiger partial charge in [0.25, 0.3) is 5.91 Å². The zero-order chi connectivity index (χ0) is 18.1. The molecule has 1 fully saturated rings. The monoisotopic (exact) mass is 335 g/mol. The second kappa shape index (κ2) is 6.37. The van der Waals surface area contributed by atoms with Crippen molar-refractivity contribution in [3.63, 3.8) is 0 Å². The van der Waals surface area contributed by atoms with Gasteiger partial charge >= 0.3 is 11.7 Å². The van der Waals surface area contributed by atoms with E-state index in [1.54, 1.807) is 11.0 Å². The smallest absolute Gasteiger partial charge is 0.345 e. The molecule has 132 valence electrons. The van der Waals surface area contributed by atoms with E-state index in [0.29, 0.717) is 38.0 Å². The van der Waals surface area contributed by atoms with Gasteiger partial charge in [-0.1, -0.05) is 27.7 Å². The molecule has 0 radical (unpaired) electrons. The third-order valence-corrected chi connectivity index (χ3v) is 4.91. The Morgan fingerprint density at radius 3 is 2.38 bits per heavy atom. The van der Waals surface area contributed by atoms with Crippen molar-refractivity contribution in [3.8, 4) is 0 Å². The Morgan fingerprint density at radius 2 is 1.92 bits per heavy atom. The SMILES string of the molecule is CCC1(C(=O)O)CCN(C(=O)c2cc(C(C)(C)C)[nH]c(=O)n2)CC1. The fourth-order valence-corrected chi connectivity index (χ4v) is 2.99. The number of carbonyl (C=O) groups excluding carboxylic acids is 1. The molecule has 24 heavy (non-hydrogen) atoms. The molecular formula is C17H25N3O4. The van der Waals surface area contributed by atoms with Crippen LogP contribution in [0.2, 0.25) is 0 Å². The topological polar surface area (TPSA) is 103 Å². The van der Waals surface area contributed by atoms with Gasteiger partial charge in [-0.05, 0) is 25.3 Å². The molecule has 0 unspecified atom stereocenters. The average molecular weight is 335 g/mol. The zero-order valence-electron chi connectivity index (χ0n) is 14.7. The van der Waals surface area contributed by atoms with Crippen LogP contribution in [0.4, 0.5) is 0 Å². The van der Waals surface area contributed by atoms with Crippen LogP contribution in [0.15, 0.2) is 10.9 Å². The van der Waals surface area contributed by atoms with Crippen molar-refractivity contribution in [1.82, 2.24) is 14.9 Å². The number of likely N-dealkylation sites (tertiary alicyclic amines) is 1. The van der Waals surface area contributed by atoms with Gasteiger partial charge in [-0.25, -0.2) is 4.79 Å². The quantitative estimate of drug-likeness (QED) is 0.876. The van der Waals surface area contributed by atoms with Gasteiger partial charge in [0.05, 0.1) is 5.41 Å². The Morgan fingerprint density at radius 1 is 1.33 bits per heavy atom. The Kier molecular flexibility index (Phi) is 4.82. The van der Waals surface area contributed by atoms with Crippen molar-refractivity contribution in [1.29, 1.82) is 0 Å². The molecule has 1 aliphatic heterocycles. The van der Waals surface area contributed by atoms with Crippen molar-refractivity contribution in [2.45, 2.75) is 52.4 Å². The molecule has 2 N–H and O–H groups in total. The van der Waals surface area contributed by atoms with Crippen LogP contribution < -0.4 is 5.69 Å². The summed E-state index contributed by atoms with van der Waals surface area (Å²) in [6.45, 7) is 8.40. The van der Waals surface area contributed by atoms with Crippen LogP contribution in [0.5, 0.6) is 0 Å². The predicted molar refractivity (Wildman–Crippen MR) is 89.1 cm³/mol. The number of carbonyl (C=O) groups is 2. The summed E-state index contributed by atoms with van der Waals surface area (Å²) in [6, 6.07) is 1.61. The number of H-pyrrole nitrogens is 1. The highest BCUT2D eigenvalue weighted by atomic mass is 16.4. The highest BCUT2D eigenvalue weighted by Crippen LogP contribution is 2.35. The van der Waals surface area contributed by atoms with E-state index in [0.717, 1.165) is 0 Å². The maximum absolute atomic E-state index is 12.7. The Hall–Kier alpha value is -2.18. The molecule has 0 aromatic carbocycles. The van der Waals surface area contributed by atoms with Crippen molar-refractivity contribution in [2.75, 3.05) is 13.1 Å². The third-order valence-electron chi connectivity index (χ3n) is 4.91. The number of nitrogens with one attached hydrogen (secondary N) is 1. The van der Waals surface area contributed by atoms with E-state index in [9.17, 15) is 19.5 Å². The van der Waals surface area contributed by atoms with Crippen LogP contribution in [0.3, 0.4) is 0 Å². The predicted octanol–water partition coefficient (Wildman–Crippen LogP) is 1.78. The van der Waals surface area contributed by atoms with Gasteiger partial charge in [0, 0.05) is 24.2 Å². The molecule has 2 heterocycles. The van der Waals surface area contributed by atoms with Crippen molar-refractivity contribution >= 4 is 11.9 Å². The molecule has 7 heteroatoms. The minimum Gasteiger partial charge on any atom is -0.481 e. The van der Waals surface area contributed by atoms with Crippen LogP contribution in [-0.2, 0) is 10.2 Å². The van der Waals surface area contributed by atoms with Gasteiger partial charge in [-0.2, -0.15) is 4.98 Å². The molecule has 1 amide bonds. The first kappa shape index (κ1) is 18.2. The number of aromatic amines is 1. The fourth-order valence-electron chi connectivity index (χ4n) is 2.99. The highest BCUT2D eigenvalue weighted by Gasteiger charge is 2.41. The molecule has 0 saturated carbocycles. The Labute approximate surface area is 141 Å². The Balaban J connectivity index is 2.21. The van der Waals surface area contributed by atoms with Crippen molar-refractivity contribution in [3.05, 3.63) is 27.9 Å². The maximum atomic E-state index is 12.7. The molecule has 0 bridgehead atoms. The van der Waals surface area contributed by atoms with E-state index in [1.165, 1.54) is 0 Å². The van der Waals surface area contributed by atoms with E-state index in [-0.39, 0.29) is 17.0 Å². The summed E-state index contributed by atoms with van der Waals surface area (Å²) in [5.41, 5.74) is -0.843. The number of piperidine rings is 1. The summed E-state index contributed by atoms with van der Waals surface area (Å²) in [6.07, 6.45) is 1.38. The lowest BCUT2D eigenvalue weighted by Crippen LogP contribution is -2.46. The summed E-state index contributed by atoms with van der Waals surface area (Å²) in [7, 11) is 0. The lowest BCUT2D eigenvalue weighted by Gasteiger charge is -2.38. The number of aliphatic carboxylic acids is 1. The number of aromatic nitrogens is 2. The van der Waals surface area contributed by atoms with Crippen molar-refractivity contribution < 1.29 is 14.7 Å². The lowest BCUT2D eigenvalue weighted by molar-refractivity contribution is -0.152. The first-order valence-corrected chi connectivity index (χ1v) is 8.23. The molecule has 1 aromatic rings. The lowest BCUT2D eigenvalue weighted by atomic mass is 9.76. The molecule has 7 nitrogen and oxygen atoms in total. The minimum atomic E-state index is -0.804. The molecule has 1 aliphatic rings. The van der Waals surface area contributed by atoms with Gasteiger partial charge in [0.15, 0.2) is 0 Å². The molecule has 0 atom stereocenters. The van der Waals surface area contributed by atoms with Crippen LogP contribution in [-0.4, -0.2) is 44.9 Å². The molecular weight excluding hydrogens is 310 g/mol. The summed E-state index contributed by atoms with van der Waals surface area (Å²) in [5.74, 6) is -1.12. The standard InChI is InChI=1S/C17H25N3O4/c1-5-17(14(22)23)6-8-20(9-7-17)13(21)11-10-12(16(2,3)4)19-15(24)18-11/h10H,5-9H2,1-4H3,(H,22,23)(H,18,19,24). The number of amides is 1. The number of rotatable bonds is 3. The van der Waals surface area contributed by atoms with E-state index >= 15 is 0 Å². The molecule has 1 saturated heterocycles. The fraction of sp³-hybridized carbons (Fsp3) is 0.647. The van der Waals surface area contributed by atoms with Crippen LogP contribution >= 0.6 is 0 Å². The van der Waals surface area contributed by atoms with E-state index in [1.807, 2.05) is 27.7 Å². The normalized spacial score (nSPS) is 17.6. The number of hydrogen-bond acceptors (Lipinski definition) is 4. The van der Waals surface area contributed by atoms with E-state index < -0.39 is 17.1 Å². The zero-order valence-corrected chi connectivity index (χ0v) is 14.7. The van der Waals surface area contributed by atoms with Crippen molar-refractivity contribution in [2.24, 2.45) is 5.41 Å².